The average Bonchev–Trinajstić information content (AvgIpc) is 2.53. The second-order valence-corrected chi connectivity index (χ2v) is 3.07. The molecule has 0 aliphatic heterocycles. The first-order valence-corrected chi connectivity index (χ1v) is 4.36. The third kappa shape index (κ3) is 2.10. The van der Waals surface area contributed by atoms with Crippen LogP contribution in [0.2, 0.25) is 5.35 Å². The predicted octanol–water partition coefficient (Wildman–Crippen LogP) is 2.92. The molecule has 0 bridgehead atoms. The van der Waals surface area contributed by atoms with Crippen molar-refractivity contribution in [1.82, 2.24) is 4.98 Å². The summed E-state index contributed by atoms with van der Waals surface area (Å²) in [6, 6.07) is 10.0. The highest BCUT2D eigenvalue weighted by Crippen LogP contribution is 2.13. The molecule has 0 saturated carbocycles. The van der Waals surface area contributed by atoms with Crippen molar-refractivity contribution in [3.63, 3.8) is 0 Å². The third-order valence-corrected chi connectivity index (χ3v) is 1.92. The van der Waals surface area contributed by atoms with Crippen LogP contribution in [0.5, 0.6) is 0 Å². The van der Waals surface area contributed by atoms with Gasteiger partial charge in [-0.05, 0) is 17.2 Å². The molecule has 1 aromatic carbocycles. The van der Waals surface area contributed by atoms with Crippen molar-refractivity contribution in [1.29, 1.82) is 0 Å². The molecule has 0 amide bonds. The molecule has 2 aromatic rings. The Kier molecular flexibility index (Phi) is 2.32. The molecular formula is C10H8ClNO. The van der Waals surface area contributed by atoms with Crippen molar-refractivity contribution in [2.45, 2.75) is 6.42 Å². The number of halogens is 1. The molecule has 0 radical (unpaired) electrons. The summed E-state index contributed by atoms with van der Waals surface area (Å²) in [5, 5.41) is 0.200. The lowest BCUT2D eigenvalue weighted by molar-refractivity contribution is 0.516. The van der Waals surface area contributed by atoms with Crippen LogP contribution < -0.4 is 0 Å². The van der Waals surface area contributed by atoms with Crippen molar-refractivity contribution in [3.05, 3.63) is 53.2 Å². The number of aromatic nitrogens is 1. The summed E-state index contributed by atoms with van der Waals surface area (Å²) in [5.74, 6) is 0.788. The van der Waals surface area contributed by atoms with Crippen LogP contribution in [-0.2, 0) is 6.42 Å². The first-order chi connectivity index (χ1) is 6.34. The third-order valence-electron chi connectivity index (χ3n) is 1.75. The molecule has 1 heterocycles. The Labute approximate surface area is 81.2 Å². The first-order valence-electron chi connectivity index (χ1n) is 3.99. The van der Waals surface area contributed by atoms with E-state index in [9.17, 15) is 0 Å². The van der Waals surface area contributed by atoms with E-state index in [-0.39, 0.29) is 5.35 Å². The molecule has 66 valence electrons. The Morgan fingerprint density at radius 2 is 2.00 bits per heavy atom. The molecule has 3 heteroatoms. The molecule has 0 unspecified atom stereocenters. The van der Waals surface area contributed by atoms with Crippen LogP contribution in [0.25, 0.3) is 0 Å². The molecule has 0 N–H and O–H groups in total. The molecule has 1 aromatic heterocycles. The Hall–Kier alpha value is -1.28. The van der Waals surface area contributed by atoms with Gasteiger partial charge in [0.25, 0.3) is 5.35 Å². The van der Waals surface area contributed by atoms with Crippen molar-refractivity contribution < 1.29 is 4.42 Å². The number of oxazole rings is 1. The number of hydrogen-bond donors (Lipinski definition) is 0. The molecule has 0 spiro atoms. The van der Waals surface area contributed by atoms with Gasteiger partial charge in [-0.2, -0.15) is 0 Å². The van der Waals surface area contributed by atoms with Gasteiger partial charge in [-0.15, -0.1) is 0 Å². The standard InChI is InChI=1S/C10H8ClNO/c11-10-12-7-9(13-10)6-8-4-2-1-3-5-8/h1-5,7H,6H2. The summed E-state index contributed by atoms with van der Waals surface area (Å²) >= 11 is 5.55. The fraction of sp³-hybridized carbons (Fsp3) is 0.100. The number of hydrogen-bond acceptors (Lipinski definition) is 2. The number of benzene rings is 1. The van der Waals surface area contributed by atoms with E-state index in [0.29, 0.717) is 0 Å². The quantitative estimate of drug-likeness (QED) is 0.733. The maximum atomic E-state index is 5.55. The van der Waals surface area contributed by atoms with Crippen LogP contribution in [0.15, 0.2) is 40.9 Å². The molecule has 0 saturated heterocycles. The van der Waals surface area contributed by atoms with Gasteiger partial charge in [0.05, 0.1) is 6.20 Å². The van der Waals surface area contributed by atoms with Crippen LogP contribution in [0, 0.1) is 0 Å². The summed E-state index contributed by atoms with van der Waals surface area (Å²) < 4.78 is 5.14. The van der Waals surface area contributed by atoms with E-state index >= 15 is 0 Å². The smallest absolute Gasteiger partial charge is 0.292 e. The fourth-order valence-electron chi connectivity index (χ4n) is 1.16. The van der Waals surface area contributed by atoms with Crippen LogP contribution in [0.1, 0.15) is 11.3 Å². The van der Waals surface area contributed by atoms with E-state index in [1.807, 2.05) is 30.3 Å². The number of nitrogens with zero attached hydrogens (tertiary/aromatic N) is 1. The summed E-state index contributed by atoms with van der Waals surface area (Å²) in [4.78, 5) is 3.81. The lowest BCUT2D eigenvalue weighted by Gasteiger charge is -1.95. The normalized spacial score (nSPS) is 10.2. The molecule has 0 atom stereocenters. The Morgan fingerprint density at radius 1 is 1.23 bits per heavy atom. The minimum absolute atomic E-state index is 0.200. The van der Waals surface area contributed by atoms with Gasteiger partial charge < -0.3 is 4.42 Å². The highest BCUT2D eigenvalue weighted by atomic mass is 35.5. The van der Waals surface area contributed by atoms with E-state index < -0.39 is 0 Å². The van der Waals surface area contributed by atoms with E-state index in [1.54, 1.807) is 6.20 Å². The molecule has 0 aliphatic carbocycles. The maximum Gasteiger partial charge on any atom is 0.292 e. The lowest BCUT2D eigenvalue weighted by atomic mass is 10.1. The summed E-state index contributed by atoms with van der Waals surface area (Å²) in [7, 11) is 0. The summed E-state index contributed by atoms with van der Waals surface area (Å²) in [6.07, 6.45) is 2.38. The molecule has 13 heavy (non-hydrogen) atoms. The average molecular weight is 194 g/mol. The van der Waals surface area contributed by atoms with Crippen LogP contribution in [-0.4, -0.2) is 4.98 Å². The Balaban J connectivity index is 2.15. The van der Waals surface area contributed by atoms with Gasteiger partial charge in [0.2, 0.25) is 0 Å². The molecule has 2 rings (SSSR count). The highest BCUT2D eigenvalue weighted by molar-refractivity contribution is 6.27. The monoisotopic (exact) mass is 193 g/mol. The largest absolute Gasteiger partial charge is 0.432 e. The van der Waals surface area contributed by atoms with Gasteiger partial charge in [-0.1, -0.05) is 30.3 Å². The van der Waals surface area contributed by atoms with Gasteiger partial charge in [0, 0.05) is 6.42 Å². The zero-order valence-electron chi connectivity index (χ0n) is 6.90. The minimum atomic E-state index is 0.200. The van der Waals surface area contributed by atoms with E-state index in [4.69, 9.17) is 16.0 Å². The van der Waals surface area contributed by atoms with E-state index in [1.165, 1.54) is 5.56 Å². The highest BCUT2D eigenvalue weighted by Gasteiger charge is 2.01. The van der Waals surface area contributed by atoms with Gasteiger partial charge in [-0.3, -0.25) is 0 Å². The van der Waals surface area contributed by atoms with E-state index in [2.05, 4.69) is 4.98 Å². The maximum absolute atomic E-state index is 5.55. The van der Waals surface area contributed by atoms with Crippen LogP contribution in [0.3, 0.4) is 0 Å². The second kappa shape index (κ2) is 3.62. The zero-order valence-corrected chi connectivity index (χ0v) is 7.66. The van der Waals surface area contributed by atoms with Crippen LogP contribution >= 0.6 is 11.6 Å². The Morgan fingerprint density at radius 3 is 2.62 bits per heavy atom. The minimum Gasteiger partial charge on any atom is -0.432 e. The van der Waals surface area contributed by atoms with Gasteiger partial charge in [0.15, 0.2) is 0 Å². The summed E-state index contributed by atoms with van der Waals surface area (Å²) in [5.41, 5.74) is 1.19. The van der Waals surface area contributed by atoms with E-state index in [0.717, 1.165) is 12.2 Å². The van der Waals surface area contributed by atoms with Crippen LogP contribution in [0.4, 0.5) is 0 Å². The summed E-state index contributed by atoms with van der Waals surface area (Å²) in [6.45, 7) is 0. The van der Waals surface area contributed by atoms with Gasteiger partial charge in [0.1, 0.15) is 5.76 Å². The first kappa shape index (κ1) is 8.32. The predicted molar refractivity (Wildman–Crippen MR) is 50.8 cm³/mol. The topological polar surface area (TPSA) is 26.0 Å². The zero-order chi connectivity index (χ0) is 9.10. The molecule has 0 aliphatic rings. The van der Waals surface area contributed by atoms with Crippen molar-refractivity contribution in [3.8, 4) is 0 Å². The van der Waals surface area contributed by atoms with Crippen molar-refractivity contribution in [2.24, 2.45) is 0 Å². The van der Waals surface area contributed by atoms with Crippen molar-refractivity contribution in [2.75, 3.05) is 0 Å². The Bertz CT molecular complexity index is 383. The lowest BCUT2D eigenvalue weighted by Crippen LogP contribution is -1.83. The number of rotatable bonds is 2. The SMILES string of the molecule is Clc1ncc(Cc2ccccc2)o1. The van der Waals surface area contributed by atoms with Gasteiger partial charge >= 0.3 is 0 Å². The second-order valence-electron chi connectivity index (χ2n) is 2.74. The molecular weight excluding hydrogens is 186 g/mol. The van der Waals surface area contributed by atoms with Crippen molar-refractivity contribution >= 4 is 11.6 Å². The molecule has 2 nitrogen and oxygen atoms in total. The van der Waals surface area contributed by atoms with Gasteiger partial charge in [-0.25, -0.2) is 4.98 Å². The fourth-order valence-corrected chi connectivity index (χ4v) is 1.31. The molecule has 0 fully saturated rings.